The van der Waals surface area contributed by atoms with Gasteiger partial charge in [-0.1, -0.05) is 40.2 Å². The average Bonchev–Trinajstić information content (AvgIpc) is 2.83. The summed E-state index contributed by atoms with van der Waals surface area (Å²) in [6, 6.07) is -1.02. The molecule has 1 heterocycles. The largest absolute Gasteiger partial charge is 0.465 e. The molecule has 1 unspecified atom stereocenters. The van der Waals surface area contributed by atoms with Crippen LogP contribution in [0.5, 0.6) is 0 Å². The fourth-order valence-corrected chi connectivity index (χ4v) is 4.83. The molecule has 1 saturated heterocycles. The number of nitrogens with one attached hydrogen (secondary N) is 1. The highest BCUT2D eigenvalue weighted by Gasteiger charge is 2.36. The van der Waals surface area contributed by atoms with Crippen molar-refractivity contribution in [2.75, 3.05) is 33.8 Å². The lowest BCUT2D eigenvalue weighted by atomic mass is 9.95. The lowest BCUT2D eigenvalue weighted by Gasteiger charge is -2.39. The molecule has 0 radical (unpaired) electrons. The number of rotatable bonds is 12. The Balaban J connectivity index is 3.06. The van der Waals surface area contributed by atoms with Crippen LogP contribution in [0.4, 0.5) is 0 Å². The second-order valence-electron chi connectivity index (χ2n) is 11.1. The number of piperidine rings is 1. The molecular weight excluding hydrogens is 472 g/mol. The zero-order valence-corrected chi connectivity index (χ0v) is 24.7. The topological polar surface area (TPSA) is 99.3 Å². The molecule has 9 heteroatoms. The van der Waals surface area contributed by atoms with E-state index in [2.05, 4.69) is 24.1 Å². The molecule has 0 aliphatic carbocycles. The van der Waals surface area contributed by atoms with E-state index in [1.807, 2.05) is 27.7 Å². The van der Waals surface area contributed by atoms with Crippen molar-refractivity contribution in [2.45, 2.75) is 98.8 Å². The Morgan fingerprint density at radius 2 is 1.65 bits per heavy atom. The van der Waals surface area contributed by atoms with E-state index in [-0.39, 0.29) is 60.8 Å². The van der Waals surface area contributed by atoms with E-state index in [0.717, 1.165) is 25.8 Å². The maximum Gasteiger partial charge on any atom is 0.325 e. The first-order valence-electron chi connectivity index (χ1n) is 13.6. The SMILES string of the molecule is CCOC(=O)CN(C)C(=O)C(C)=C[C@H](C(C)C)N(C)C(=O)[C@@H](NC(=O)C1CCCCN1C(C)C)C(C)C. The molecule has 1 aliphatic heterocycles. The smallest absolute Gasteiger partial charge is 0.325 e. The standard InChI is InChI=1S/C28H50N4O5/c1-11-37-24(33)17-30(9)27(35)21(8)16-23(18(2)3)31(10)28(36)25(19(4)5)29-26(34)22-14-12-13-15-32(22)20(6)7/h16,18-20,22-23,25H,11-15,17H2,1-10H3,(H,29,34)/t22?,23-,25+/m1/s1. The van der Waals surface area contributed by atoms with Crippen LogP contribution >= 0.6 is 0 Å². The summed E-state index contributed by atoms with van der Waals surface area (Å²) >= 11 is 0. The first-order chi connectivity index (χ1) is 17.2. The minimum atomic E-state index is -0.675. The number of esters is 1. The third-order valence-electron chi connectivity index (χ3n) is 6.99. The van der Waals surface area contributed by atoms with Gasteiger partial charge in [0.05, 0.1) is 18.7 Å². The van der Waals surface area contributed by atoms with Gasteiger partial charge in [0.1, 0.15) is 12.6 Å². The van der Waals surface area contributed by atoms with Crippen molar-refractivity contribution < 1.29 is 23.9 Å². The molecule has 1 N–H and O–H groups in total. The van der Waals surface area contributed by atoms with Gasteiger partial charge >= 0.3 is 5.97 Å². The van der Waals surface area contributed by atoms with Crippen LogP contribution in [-0.2, 0) is 23.9 Å². The van der Waals surface area contributed by atoms with Crippen LogP contribution in [0.25, 0.3) is 0 Å². The van der Waals surface area contributed by atoms with Crippen LogP contribution in [0.15, 0.2) is 11.6 Å². The summed E-state index contributed by atoms with van der Waals surface area (Å²) < 4.78 is 4.93. The van der Waals surface area contributed by atoms with E-state index in [9.17, 15) is 19.2 Å². The number of likely N-dealkylation sites (N-methyl/N-ethyl adjacent to an activating group) is 2. The molecule has 9 nitrogen and oxygen atoms in total. The molecular formula is C28H50N4O5. The van der Waals surface area contributed by atoms with Gasteiger partial charge in [0.15, 0.2) is 0 Å². The Morgan fingerprint density at radius 1 is 1.03 bits per heavy atom. The molecule has 3 atom stereocenters. The van der Waals surface area contributed by atoms with Crippen LogP contribution in [0, 0.1) is 11.8 Å². The number of carbonyl (C=O) groups excluding carboxylic acids is 4. The van der Waals surface area contributed by atoms with Gasteiger partial charge < -0.3 is 19.9 Å². The normalized spacial score (nSPS) is 18.5. The summed E-state index contributed by atoms with van der Waals surface area (Å²) in [6.45, 7) is 16.4. The maximum absolute atomic E-state index is 13.7. The van der Waals surface area contributed by atoms with Crippen LogP contribution < -0.4 is 5.32 Å². The van der Waals surface area contributed by atoms with Gasteiger partial charge in [-0.3, -0.25) is 24.1 Å². The fourth-order valence-electron chi connectivity index (χ4n) is 4.83. The van der Waals surface area contributed by atoms with E-state index in [1.54, 1.807) is 38.9 Å². The molecule has 3 amide bonds. The number of ether oxygens (including phenoxy) is 1. The Bertz CT molecular complexity index is 823. The summed E-state index contributed by atoms with van der Waals surface area (Å²) in [4.78, 5) is 56.8. The molecule has 0 aromatic carbocycles. The molecule has 0 spiro atoms. The molecule has 0 aromatic heterocycles. The first-order valence-corrected chi connectivity index (χ1v) is 13.6. The van der Waals surface area contributed by atoms with Gasteiger partial charge in [-0.2, -0.15) is 0 Å². The highest BCUT2D eigenvalue weighted by Crippen LogP contribution is 2.21. The number of carbonyl (C=O) groups is 4. The van der Waals surface area contributed by atoms with Crippen LogP contribution in [0.1, 0.15) is 74.7 Å². The van der Waals surface area contributed by atoms with E-state index in [4.69, 9.17) is 4.74 Å². The highest BCUT2D eigenvalue weighted by atomic mass is 16.5. The Morgan fingerprint density at radius 3 is 2.16 bits per heavy atom. The van der Waals surface area contributed by atoms with Crippen molar-refractivity contribution in [3.05, 3.63) is 11.6 Å². The highest BCUT2D eigenvalue weighted by molar-refractivity contribution is 5.95. The van der Waals surface area contributed by atoms with E-state index in [1.165, 1.54) is 4.90 Å². The predicted molar refractivity (Wildman–Crippen MR) is 146 cm³/mol. The molecule has 1 aliphatic rings. The van der Waals surface area contributed by atoms with Crippen molar-refractivity contribution in [1.82, 2.24) is 20.0 Å². The zero-order chi connectivity index (χ0) is 28.4. The van der Waals surface area contributed by atoms with Crippen LogP contribution in [-0.4, -0.2) is 96.3 Å². The quantitative estimate of drug-likeness (QED) is 0.313. The summed E-state index contributed by atoms with van der Waals surface area (Å²) in [7, 11) is 3.26. The summed E-state index contributed by atoms with van der Waals surface area (Å²) in [5.74, 6) is -1.15. The maximum atomic E-state index is 13.7. The molecule has 0 aromatic rings. The number of hydrogen-bond donors (Lipinski definition) is 1. The van der Waals surface area contributed by atoms with Gasteiger partial charge in [0.2, 0.25) is 17.7 Å². The zero-order valence-electron chi connectivity index (χ0n) is 24.7. The summed E-state index contributed by atoms with van der Waals surface area (Å²) in [6.07, 6.45) is 4.64. The summed E-state index contributed by atoms with van der Waals surface area (Å²) in [5, 5.41) is 3.05. The number of amides is 3. The molecule has 0 bridgehead atoms. The Labute approximate surface area is 223 Å². The lowest BCUT2D eigenvalue weighted by molar-refractivity contribution is -0.147. The molecule has 212 valence electrons. The van der Waals surface area contributed by atoms with E-state index >= 15 is 0 Å². The van der Waals surface area contributed by atoms with Crippen molar-refractivity contribution in [3.63, 3.8) is 0 Å². The molecule has 37 heavy (non-hydrogen) atoms. The number of likely N-dealkylation sites (tertiary alicyclic amines) is 1. The fraction of sp³-hybridized carbons (Fsp3) is 0.786. The molecule has 0 saturated carbocycles. The Hall–Kier alpha value is -2.42. The third-order valence-corrected chi connectivity index (χ3v) is 6.99. The second-order valence-corrected chi connectivity index (χ2v) is 11.1. The van der Waals surface area contributed by atoms with E-state index in [0.29, 0.717) is 5.57 Å². The van der Waals surface area contributed by atoms with Gasteiger partial charge in [-0.15, -0.1) is 0 Å². The van der Waals surface area contributed by atoms with Crippen LogP contribution in [0.3, 0.4) is 0 Å². The number of hydrogen-bond acceptors (Lipinski definition) is 6. The monoisotopic (exact) mass is 522 g/mol. The Kier molecular flexibility index (Phi) is 13.3. The van der Waals surface area contributed by atoms with Gasteiger partial charge in [0, 0.05) is 25.7 Å². The van der Waals surface area contributed by atoms with Crippen molar-refractivity contribution >= 4 is 23.7 Å². The second kappa shape index (κ2) is 15.1. The molecule has 1 rings (SSSR count). The van der Waals surface area contributed by atoms with Gasteiger partial charge in [-0.25, -0.2) is 0 Å². The van der Waals surface area contributed by atoms with Crippen molar-refractivity contribution in [3.8, 4) is 0 Å². The first kappa shape index (κ1) is 32.6. The average molecular weight is 523 g/mol. The predicted octanol–water partition coefficient (Wildman–Crippen LogP) is 2.84. The lowest BCUT2D eigenvalue weighted by Crippen LogP contribution is -2.58. The third kappa shape index (κ3) is 9.43. The van der Waals surface area contributed by atoms with Gasteiger partial charge in [0.25, 0.3) is 0 Å². The van der Waals surface area contributed by atoms with Crippen molar-refractivity contribution in [1.29, 1.82) is 0 Å². The van der Waals surface area contributed by atoms with Crippen LogP contribution in [0.2, 0.25) is 0 Å². The minimum absolute atomic E-state index is 0.0188. The molecule has 1 fully saturated rings. The number of nitrogens with zero attached hydrogens (tertiary/aromatic N) is 3. The van der Waals surface area contributed by atoms with Crippen molar-refractivity contribution in [2.24, 2.45) is 11.8 Å². The summed E-state index contributed by atoms with van der Waals surface area (Å²) in [5.41, 5.74) is 0.435. The van der Waals surface area contributed by atoms with Gasteiger partial charge in [-0.05, 0) is 58.9 Å². The van der Waals surface area contributed by atoms with E-state index < -0.39 is 12.0 Å². The minimum Gasteiger partial charge on any atom is -0.465 e.